The second-order valence-corrected chi connectivity index (χ2v) is 7.43. The maximum Gasteiger partial charge on any atom is 0.259 e. The lowest BCUT2D eigenvalue weighted by molar-refractivity contribution is -0.130. The van der Waals surface area contributed by atoms with Crippen molar-refractivity contribution < 1.29 is 19.1 Å². The van der Waals surface area contributed by atoms with E-state index in [1.165, 1.54) is 4.90 Å². The van der Waals surface area contributed by atoms with E-state index in [0.29, 0.717) is 28.3 Å². The van der Waals surface area contributed by atoms with Gasteiger partial charge in [0.25, 0.3) is 17.7 Å². The molecule has 0 fully saturated rings. The third kappa shape index (κ3) is 5.95. The number of likely N-dealkylation sites (N-methyl/N-ethyl adjacent to an activating group) is 1. The van der Waals surface area contributed by atoms with Crippen molar-refractivity contribution in [2.75, 3.05) is 31.3 Å². The zero-order valence-corrected chi connectivity index (χ0v) is 18.2. The van der Waals surface area contributed by atoms with Crippen LogP contribution >= 0.6 is 0 Å². The van der Waals surface area contributed by atoms with E-state index in [2.05, 4.69) is 10.6 Å². The minimum Gasteiger partial charge on any atom is -0.484 e. The van der Waals surface area contributed by atoms with Crippen molar-refractivity contribution in [3.05, 3.63) is 89.5 Å². The minimum atomic E-state index is -0.398. The summed E-state index contributed by atoms with van der Waals surface area (Å²) in [6.07, 6.45) is 0. The number of rotatable bonds is 7. The number of carbonyl (C=O) groups is 3. The van der Waals surface area contributed by atoms with Gasteiger partial charge in [-0.1, -0.05) is 30.3 Å². The van der Waals surface area contributed by atoms with E-state index in [0.717, 1.165) is 5.56 Å². The molecule has 0 spiro atoms. The molecule has 2 N–H and O–H groups in total. The lowest BCUT2D eigenvalue weighted by atomic mass is 10.1. The second-order valence-electron chi connectivity index (χ2n) is 7.43. The van der Waals surface area contributed by atoms with E-state index < -0.39 is 5.91 Å². The van der Waals surface area contributed by atoms with E-state index in [9.17, 15) is 14.4 Å². The molecule has 32 heavy (non-hydrogen) atoms. The quantitative estimate of drug-likeness (QED) is 0.593. The van der Waals surface area contributed by atoms with E-state index in [1.807, 2.05) is 25.1 Å². The Morgan fingerprint density at radius 1 is 0.844 bits per heavy atom. The molecule has 3 rings (SSSR count). The maximum atomic E-state index is 12.8. The number of hydrogen-bond donors (Lipinski definition) is 2. The first-order valence-electron chi connectivity index (χ1n) is 10.0. The Labute approximate surface area is 187 Å². The molecule has 7 nitrogen and oxygen atoms in total. The van der Waals surface area contributed by atoms with Gasteiger partial charge in [0, 0.05) is 25.3 Å². The molecule has 0 heterocycles. The number of carbonyl (C=O) groups excluding carboxylic acids is 3. The molecule has 0 unspecified atom stereocenters. The highest BCUT2D eigenvalue weighted by atomic mass is 16.5. The first-order chi connectivity index (χ1) is 15.3. The van der Waals surface area contributed by atoms with Crippen LogP contribution in [0.15, 0.2) is 72.8 Å². The number of hydrogen-bond acceptors (Lipinski definition) is 4. The zero-order valence-electron chi connectivity index (χ0n) is 18.2. The number of anilines is 2. The van der Waals surface area contributed by atoms with Crippen LogP contribution in [0, 0.1) is 6.92 Å². The largest absolute Gasteiger partial charge is 0.484 e. The van der Waals surface area contributed by atoms with Gasteiger partial charge >= 0.3 is 0 Å². The summed E-state index contributed by atoms with van der Waals surface area (Å²) in [6.45, 7) is 1.82. The molecule has 164 valence electrons. The van der Waals surface area contributed by atoms with Gasteiger partial charge in [0.2, 0.25) is 0 Å². The van der Waals surface area contributed by atoms with Gasteiger partial charge in [0.05, 0.1) is 11.3 Å². The van der Waals surface area contributed by atoms with Crippen LogP contribution in [0.25, 0.3) is 0 Å². The van der Waals surface area contributed by atoms with E-state index in [1.54, 1.807) is 68.7 Å². The molecular formula is C25H25N3O4. The van der Waals surface area contributed by atoms with E-state index in [-0.39, 0.29) is 18.4 Å². The molecule has 0 aliphatic carbocycles. The molecule has 3 aromatic rings. The molecule has 0 aromatic heterocycles. The van der Waals surface area contributed by atoms with Gasteiger partial charge in [-0.3, -0.25) is 14.4 Å². The molecule has 0 atom stereocenters. The van der Waals surface area contributed by atoms with E-state index in [4.69, 9.17) is 4.74 Å². The Morgan fingerprint density at radius 2 is 1.59 bits per heavy atom. The summed E-state index contributed by atoms with van der Waals surface area (Å²) >= 11 is 0. The number of amides is 3. The van der Waals surface area contributed by atoms with E-state index >= 15 is 0 Å². The number of para-hydroxylation sites is 1. The monoisotopic (exact) mass is 431 g/mol. The smallest absolute Gasteiger partial charge is 0.259 e. The predicted molar refractivity (Wildman–Crippen MR) is 124 cm³/mol. The topological polar surface area (TPSA) is 87.7 Å². The van der Waals surface area contributed by atoms with Crippen molar-refractivity contribution in [3.63, 3.8) is 0 Å². The minimum absolute atomic E-state index is 0.125. The SMILES string of the molecule is Cc1cccc(NC(=O)c2ccccc2NC(=O)c2cccc(OCC(=O)N(C)C)c2)c1. The van der Waals surface area contributed by atoms with Crippen LogP contribution in [-0.2, 0) is 4.79 Å². The van der Waals surface area contributed by atoms with Gasteiger partial charge in [-0.05, 0) is 55.0 Å². The Kier molecular flexibility index (Phi) is 7.23. The Morgan fingerprint density at radius 3 is 2.34 bits per heavy atom. The molecule has 0 bridgehead atoms. The van der Waals surface area contributed by atoms with Crippen molar-refractivity contribution in [2.24, 2.45) is 0 Å². The lowest BCUT2D eigenvalue weighted by Crippen LogP contribution is -2.27. The summed E-state index contributed by atoms with van der Waals surface area (Å²) in [5, 5.41) is 5.64. The fourth-order valence-electron chi connectivity index (χ4n) is 2.91. The molecule has 0 saturated carbocycles. The summed E-state index contributed by atoms with van der Waals surface area (Å²) in [4.78, 5) is 38.8. The van der Waals surface area contributed by atoms with Crippen LogP contribution in [0.1, 0.15) is 26.3 Å². The highest BCUT2D eigenvalue weighted by Crippen LogP contribution is 2.20. The van der Waals surface area contributed by atoms with Crippen LogP contribution in [0.3, 0.4) is 0 Å². The van der Waals surface area contributed by atoms with Crippen LogP contribution < -0.4 is 15.4 Å². The Bertz CT molecular complexity index is 1140. The molecule has 0 radical (unpaired) electrons. The fourth-order valence-corrected chi connectivity index (χ4v) is 2.91. The van der Waals surface area contributed by atoms with Crippen LogP contribution in [0.4, 0.5) is 11.4 Å². The molecule has 7 heteroatoms. The van der Waals surface area contributed by atoms with Crippen LogP contribution in [0.5, 0.6) is 5.75 Å². The van der Waals surface area contributed by atoms with Gasteiger partial charge in [-0.2, -0.15) is 0 Å². The molecule has 3 aromatic carbocycles. The van der Waals surface area contributed by atoms with Crippen molar-refractivity contribution >= 4 is 29.1 Å². The average molecular weight is 431 g/mol. The average Bonchev–Trinajstić information content (AvgIpc) is 2.78. The summed E-state index contributed by atoms with van der Waals surface area (Å²) < 4.78 is 5.47. The molecule has 0 aliphatic rings. The Balaban J connectivity index is 1.72. The van der Waals surface area contributed by atoms with Gasteiger partial charge in [0.1, 0.15) is 5.75 Å². The highest BCUT2D eigenvalue weighted by Gasteiger charge is 2.15. The number of aryl methyl sites for hydroxylation is 1. The van der Waals surface area contributed by atoms with Gasteiger partial charge in [-0.15, -0.1) is 0 Å². The molecule has 0 saturated heterocycles. The van der Waals surface area contributed by atoms with Gasteiger partial charge in [0.15, 0.2) is 6.61 Å². The first kappa shape index (κ1) is 22.6. The molecule has 0 aliphatic heterocycles. The molecular weight excluding hydrogens is 406 g/mol. The van der Waals surface area contributed by atoms with Crippen LogP contribution in [0.2, 0.25) is 0 Å². The van der Waals surface area contributed by atoms with Crippen molar-refractivity contribution in [2.45, 2.75) is 6.92 Å². The van der Waals surface area contributed by atoms with Crippen LogP contribution in [-0.4, -0.2) is 43.3 Å². The van der Waals surface area contributed by atoms with Crippen molar-refractivity contribution in [3.8, 4) is 5.75 Å². The van der Waals surface area contributed by atoms with Gasteiger partial charge < -0.3 is 20.3 Å². The Hall–Kier alpha value is -4.13. The lowest BCUT2D eigenvalue weighted by Gasteiger charge is -2.13. The fraction of sp³-hybridized carbons (Fsp3) is 0.160. The van der Waals surface area contributed by atoms with Crippen molar-refractivity contribution in [1.82, 2.24) is 4.90 Å². The number of ether oxygens (including phenoxy) is 1. The first-order valence-corrected chi connectivity index (χ1v) is 10.0. The summed E-state index contributed by atoms with van der Waals surface area (Å²) in [5.41, 5.74) is 2.77. The third-order valence-corrected chi connectivity index (χ3v) is 4.65. The summed E-state index contributed by atoms with van der Waals surface area (Å²) in [5.74, 6) is -0.511. The standard InChI is InChI=1S/C25H25N3O4/c1-17-8-6-10-19(14-17)26-25(31)21-12-4-5-13-22(21)27-24(30)18-9-7-11-20(15-18)32-16-23(29)28(2)3/h4-15H,16H2,1-3H3,(H,26,31)(H,27,30). The predicted octanol–water partition coefficient (Wildman–Crippen LogP) is 3.97. The maximum absolute atomic E-state index is 12.8. The normalized spacial score (nSPS) is 10.2. The second kappa shape index (κ2) is 10.3. The summed E-state index contributed by atoms with van der Waals surface area (Å²) in [7, 11) is 3.28. The zero-order chi connectivity index (χ0) is 23.1. The third-order valence-electron chi connectivity index (χ3n) is 4.65. The van der Waals surface area contributed by atoms with Crippen molar-refractivity contribution in [1.29, 1.82) is 0 Å². The summed E-state index contributed by atoms with van der Waals surface area (Å²) in [6, 6.07) is 20.8. The number of benzene rings is 3. The molecule has 3 amide bonds. The highest BCUT2D eigenvalue weighted by molar-refractivity contribution is 6.12. The number of nitrogens with zero attached hydrogens (tertiary/aromatic N) is 1. The van der Waals surface area contributed by atoms with Gasteiger partial charge in [-0.25, -0.2) is 0 Å². The number of nitrogens with one attached hydrogen (secondary N) is 2.